The lowest BCUT2D eigenvalue weighted by atomic mass is 9.89. The fraction of sp³-hybridized carbons (Fsp3) is 0.231. The number of carboxylic acid groups (broad SMARTS) is 1. The summed E-state index contributed by atoms with van der Waals surface area (Å²) in [6, 6.07) is 7.93. The number of hydrogen-bond donors (Lipinski definition) is 2. The van der Waals surface area contributed by atoms with Crippen LogP contribution in [-0.2, 0) is 0 Å². The molecule has 1 saturated heterocycles. The Hall–Kier alpha value is -4.41. The van der Waals surface area contributed by atoms with Crippen molar-refractivity contribution in [1.82, 2.24) is 19.5 Å². The zero-order valence-corrected chi connectivity index (χ0v) is 19.7. The minimum Gasteiger partial charge on any atom is -0.477 e. The molecular formula is C26H22F3N5O3. The fourth-order valence-electron chi connectivity index (χ4n) is 4.62. The Bertz CT molecular complexity index is 1530. The van der Waals surface area contributed by atoms with Gasteiger partial charge in [-0.2, -0.15) is 9.61 Å². The van der Waals surface area contributed by atoms with Crippen molar-refractivity contribution in [3.05, 3.63) is 88.5 Å². The largest absolute Gasteiger partial charge is 0.477 e. The SMILES string of the molecule is Cc1ccc(F)c(Nc2c(C(=O)N3CCC(c4ccc(F)cc4F)CC3)cnc3c(C(=O)O)cnn23)c1. The van der Waals surface area contributed by atoms with Gasteiger partial charge in [0, 0.05) is 25.4 Å². The van der Waals surface area contributed by atoms with Crippen LogP contribution in [0.3, 0.4) is 0 Å². The molecule has 2 N–H and O–H groups in total. The molecule has 3 heterocycles. The van der Waals surface area contributed by atoms with Crippen molar-refractivity contribution in [3.63, 3.8) is 0 Å². The number of anilines is 2. The molecule has 4 aromatic rings. The summed E-state index contributed by atoms with van der Waals surface area (Å²) in [5.74, 6) is -3.60. The van der Waals surface area contributed by atoms with Crippen molar-refractivity contribution in [1.29, 1.82) is 0 Å². The topological polar surface area (TPSA) is 99.8 Å². The highest BCUT2D eigenvalue weighted by molar-refractivity contribution is 6.01. The van der Waals surface area contributed by atoms with Gasteiger partial charge < -0.3 is 15.3 Å². The number of carboxylic acids is 1. The van der Waals surface area contributed by atoms with Crippen molar-refractivity contribution >= 4 is 29.0 Å². The Balaban J connectivity index is 1.47. The molecule has 0 spiro atoms. The van der Waals surface area contributed by atoms with Crippen LogP contribution < -0.4 is 5.32 Å². The van der Waals surface area contributed by atoms with Crippen LogP contribution in [0.5, 0.6) is 0 Å². The van der Waals surface area contributed by atoms with E-state index in [2.05, 4.69) is 15.4 Å². The van der Waals surface area contributed by atoms with Crippen LogP contribution in [0.2, 0.25) is 0 Å². The lowest BCUT2D eigenvalue weighted by molar-refractivity contribution is 0.0695. The number of hydrogen-bond acceptors (Lipinski definition) is 5. The number of likely N-dealkylation sites (tertiary alicyclic amines) is 1. The minimum atomic E-state index is -1.25. The molecule has 8 nitrogen and oxygen atoms in total. The number of aromatic carboxylic acids is 1. The van der Waals surface area contributed by atoms with Crippen LogP contribution in [-0.4, -0.2) is 49.6 Å². The van der Waals surface area contributed by atoms with Crippen molar-refractivity contribution in [2.75, 3.05) is 18.4 Å². The Labute approximate surface area is 209 Å². The number of benzene rings is 2. The first-order valence-corrected chi connectivity index (χ1v) is 11.6. The summed E-state index contributed by atoms with van der Waals surface area (Å²) in [5, 5.41) is 16.5. The number of aromatic nitrogens is 3. The number of nitrogens with zero attached hydrogens (tertiary/aromatic N) is 4. The number of fused-ring (bicyclic) bond motifs is 1. The number of amides is 1. The third-order valence-corrected chi connectivity index (χ3v) is 6.55. The second-order valence-electron chi connectivity index (χ2n) is 8.96. The molecule has 190 valence electrons. The molecule has 5 rings (SSSR count). The molecule has 0 saturated carbocycles. The standard InChI is InChI=1S/C26H22F3N5O3/c1-14-2-5-20(28)22(10-14)32-24-18(12-30-23-19(26(36)37)13-31-34(23)24)25(35)33-8-6-15(7-9-33)17-4-3-16(27)11-21(17)29/h2-5,10-13,15,32H,6-9H2,1H3,(H,36,37). The Kier molecular flexibility index (Phi) is 6.28. The van der Waals surface area contributed by atoms with Gasteiger partial charge in [0.25, 0.3) is 5.91 Å². The van der Waals surface area contributed by atoms with Crippen LogP contribution in [0, 0.1) is 24.4 Å². The second kappa shape index (κ2) is 9.57. The van der Waals surface area contributed by atoms with Gasteiger partial charge in [0.2, 0.25) is 0 Å². The fourth-order valence-corrected chi connectivity index (χ4v) is 4.62. The number of nitrogens with one attached hydrogen (secondary N) is 1. The number of piperidine rings is 1. The lowest BCUT2D eigenvalue weighted by Gasteiger charge is -2.32. The average Bonchev–Trinajstić information content (AvgIpc) is 3.31. The first-order valence-electron chi connectivity index (χ1n) is 11.6. The summed E-state index contributed by atoms with van der Waals surface area (Å²) in [6.45, 7) is 2.38. The Morgan fingerprint density at radius 3 is 2.46 bits per heavy atom. The van der Waals surface area contributed by atoms with Gasteiger partial charge in [0.05, 0.1) is 11.9 Å². The monoisotopic (exact) mass is 509 g/mol. The summed E-state index contributed by atoms with van der Waals surface area (Å²) in [5.41, 5.74) is 1.15. The molecule has 1 fully saturated rings. The summed E-state index contributed by atoms with van der Waals surface area (Å²) in [7, 11) is 0. The average molecular weight is 509 g/mol. The maximum atomic E-state index is 14.6. The Morgan fingerprint density at radius 1 is 1.00 bits per heavy atom. The van der Waals surface area contributed by atoms with Gasteiger partial charge >= 0.3 is 5.97 Å². The predicted octanol–water partition coefficient (Wildman–Crippen LogP) is 4.92. The van der Waals surface area contributed by atoms with Gasteiger partial charge in [-0.25, -0.2) is 22.9 Å². The van der Waals surface area contributed by atoms with Gasteiger partial charge in [-0.15, -0.1) is 0 Å². The molecule has 0 radical (unpaired) electrons. The molecule has 2 aromatic heterocycles. The normalized spacial score (nSPS) is 14.2. The van der Waals surface area contributed by atoms with E-state index in [-0.39, 0.29) is 34.2 Å². The van der Waals surface area contributed by atoms with E-state index in [9.17, 15) is 27.9 Å². The maximum Gasteiger partial charge on any atom is 0.341 e. The highest BCUT2D eigenvalue weighted by Crippen LogP contribution is 2.32. The molecule has 0 atom stereocenters. The highest BCUT2D eigenvalue weighted by atomic mass is 19.1. The minimum absolute atomic E-state index is 0.00916. The van der Waals surface area contributed by atoms with E-state index in [1.54, 1.807) is 24.0 Å². The smallest absolute Gasteiger partial charge is 0.341 e. The lowest BCUT2D eigenvalue weighted by Crippen LogP contribution is -2.38. The number of halogens is 3. The van der Waals surface area contributed by atoms with E-state index < -0.39 is 29.3 Å². The molecule has 1 aliphatic rings. The summed E-state index contributed by atoms with van der Waals surface area (Å²) < 4.78 is 43.3. The maximum absolute atomic E-state index is 14.6. The van der Waals surface area contributed by atoms with E-state index in [0.717, 1.165) is 17.8 Å². The van der Waals surface area contributed by atoms with Crippen molar-refractivity contribution < 1.29 is 27.9 Å². The van der Waals surface area contributed by atoms with Crippen LogP contribution >= 0.6 is 0 Å². The molecule has 37 heavy (non-hydrogen) atoms. The zero-order valence-electron chi connectivity index (χ0n) is 19.7. The molecular weight excluding hydrogens is 487 g/mol. The third kappa shape index (κ3) is 4.59. The van der Waals surface area contributed by atoms with E-state index in [1.807, 2.05) is 0 Å². The number of rotatable bonds is 5. The number of carbonyl (C=O) groups excluding carboxylic acids is 1. The third-order valence-electron chi connectivity index (χ3n) is 6.55. The second-order valence-corrected chi connectivity index (χ2v) is 8.96. The van der Waals surface area contributed by atoms with Gasteiger partial charge in [-0.1, -0.05) is 12.1 Å². The molecule has 0 aliphatic carbocycles. The quantitative estimate of drug-likeness (QED) is 0.396. The molecule has 0 unspecified atom stereocenters. The summed E-state index contributed by atoms with van der Waals surface area (Å²) >= 11 is 0. The molecule has 0 bridgehead atoms. The summed E-state index contributed by atoms with van der Waals surface area (Å²) in [4.78, 5) is 30.9. The molecule has 1 aliphatic heterocycles. The number of carbonyl (C=O) groups is 2. The Morgan fingerprint density at radius 2 is 1.76 bits per heavy atom. The van der Waals surface area contributed by atoms with Crippen molar-refractivity contribution in [2.24, 2.45) is 0 Å². The van der Waals surface area contributed by atoms with Crippen molar-refractivity contribution in [3.8, 4) is 0 Å². The van der Waals surface area contributed by atoms with Crippen LogP contribution in [0.15, 0.2) is 48.8 Å². The van der Waals surface area contributed by atoms with E-state index in [1.165, 1.54) is 28.9 Å². The van der Waals surface area contributed by atoms with Gasteiger partial charge in [0.1, 0.15) is 34.4 Å². The van der Waals surface area contributed by atoms with Crippen LogP contribution in [0.25, 0.3) is 5.65 Å². The highest BCUT2D eigenvalue weighted by Gasteiger charge is 2.29. The van der Waals surface area contributed by atoms with Crippen LogP contribution in [0.4, 0.5) is 24.7 Å². The molecule has 11 heteroatoms. The number of aryl methyl sites for hydroxylation is 1. The molecule has 1 amide bonds. The van der Waals surface area contributed by atoms with Crippen LogP contribution in [0.1, 0.15) is 50.6 Å². The first-order chi connectivity index (χ1) is 17.7. The van der Waals surface area contributed by atoms with E-state index in [0.29, 0.717) is 31.5 Å². The van der Waals surface area contributed by atoms with E-state index in [4.69, 9.17) is 0 Å². The van der Waals surface area contributed by atoms with E-state index >= 15 is 0 Å². The first kappa shape index (κ1) is 24.3. The van der Waals surface area contributed by atoms with Gasteiger partial charge in [0.15, 0.2) is 5.65 Å². The zero-order chi connectivity index (χ0) is 26.3. The predicted molar refractivity (Wildman–Crippen MR) is 129 cm³/mol. The van der Waals surface area contributed by atoms with Crippen molar-refractivity contribution in [2.45, 2.75) is 25.7 Å². The van der Waals surface area contributed by atoms with Gasteiger partial charge in [-0.3, -0.25) is 4.79 Å². The molecule has 2 aromatic carbocycles. The summed E-state index contributed by atoms with van der Waals surface area (Å²) in [6.07, 6.45) is 3.28. The van der Waals surface area contributed by atoms with Gasteiger partial charge in [-0.05, 0) is 55.0 Å².